The molecule has 0 unspecified atom stereocenters. The van der Waals surface area contributed by atoms with Crippen LogP contribution in [0.1, 0.15) is 55.5 Å². The van der Waals surface area contributed by atoms with Crippen LogP contribution in [-0.2, 0) is 4.79 Å². The number of carbonyl (C=O) groups excluding carboxylic acids is 1. The SMILES string of the molecule is C[C@@H](Nc1ccnc2cnc(C3=CCC(=O)CC3)cc12)c1cccc(C(F)F)c1F. The van der Waals surface area contributed by atoms with Gasteiger partial charge < -0.3 is 5.32 Å². The van der Waals surface area contributed by atoms with Crippen molar-refractivity contribution in [2.24, 2.45) is 0 Å². The first kappa shape index (κ1) is 20.1. The van der Waals surface area contributed by atoms with Gasteiger partial charge in [0.2, 0.25) is 0 Å². The zero-order valence-electron chi connectivity index (χ0n) is 16.3. The average Bonchev–Trinajstić information content (AvgIpc) is 2.74. The van der Waals surface area contributed by atoms with Crippen molar-refractivity contribution in [1.29, 1.82) is 0 Å². The minimum atomic E-state index is -2.87. The molecule has 2 heterocycles. The van der Waals surface area contributed by atoms with Crippen molar-refractivity contribution in [3.8, 4) is 0 Å². The molecule has 0 radical (unpaired) electrons. The summed E-state index contributed by atoms with van der Waals surface area (Å²) < 4.78 is 40.7. The Morgan fingerprint density at radius 3 is 2.63 bits per heavy atom. The van der Waals surface area contributed by atoms with Gasteiger partial charge in [0.05, 0.1) is 29.0 Å². The lowest BCUT2D eigenvalue weighted by Gasteiger charge is -2.19. The standard InChI is InChI=1S/C23H20F3N3O/c1-13(16-3-2-4-17(22(16)24)23(25)26)29-19-9-10-27-21-12-28-20(11-18(19)21)14-5-7-15(30)8-6-14/h2-5,9-13,23H,6-8H2,1H3,(H,27,29)/t13-/m1/s1. The highest BCUT2D eigenvalue weighted by Crippen LogP contribution is 2.32. The van der Waals surface area contributed by atoms with E-state index in [0.29, 0.717) is 30.5 Å². The number of carbonyl (C=O) groups is 1. The Kier molecular flexibility index (Phi) is 5.53. The number of Topliss-reactive ketones (excluding diaryl/α,β-unsaturated/α-hetero) is 1. The molecule has 1 N–H and O–H groups in total. The number of fused-ring (bicyclic) bond motifs is 1. The van der Waals surface area contributed by atoms with E-state index in [9.17, 15) is 18.0 Å². The van der Waals surface area contributed by atoms with Gasteiger partial charge in [-0.25, -0.2) is 13.2 Å². The van der Waals surface area contributed by atoms with Gasteiger partial charge in [-0.1, -0.05) is 24.3 Å². The van der Waals surface area contributed by atoms with E-state index in [1.54, 1.807) is 25.4 Å². The highest BCUT2D eigenvalue weighted by atomic mass is 19.3. The number of hydrogen-bond donors (Lipinski definition) is 1. The minimum Gasteiger partial charge on any atom is -0.378 e. The molecule has 3 aromatic rings. The molecule has 0 amide bonds. The Morgan fingerprint density at radius 1 is 1.10 bits per heavy atom. The lowest BCUT2D eigenvalue weighted by molar-refractivity contribution is -0.118. The predicted molar refractivity (Wildman–Crippen MR) is 110 cm³/mol. The number of halogens is 3. The third kappa shape index (κ3) is 3.92. The summed E-state index contributed by atoms with van der Waals surface area (Å²) in [6, 6.07) is 7.14. The van der Waals surface area contributed by atoms with Crippen molar-refractivity contribution < 1.29 is 18.0 Å². The van der Waals surface area contributed by atoms with Gasteiger partial charge in [0.25, 0.3) is 6.43 Å². The summed E-state index contributed by atoms with van der Waals surface area (Å²) in [6.07, 6.45) is 3.85. The molecule has 4 nitrogen and oxygen atoms in total. The van der Waals surface area contributed by atoms with Crippen molar-refractivity contribution in [2.75, 3.05) is 5.32 Å². The van der Waals surface area contributed by atoms with E-state index in [1.807, 2.05) is 12.1 Å². The number of hydrogen-bond acceptors (Lipinski definition) is 4. The number of nitrogens with one attached hydrogen (secondary N) is 1. The minimum absolute atomic E-state index is 0.167. The van der Waals surface area contributed by atoms with Crippen LogP contribution in [0.25, 0.3) is 16.5 Å². The summed E-state index contributed by atoms with van der Waals surface area (Å²) in [5.41, 5.74) is 2.70. The molecule has 30 heavy (non-hydrogen) atoms. The first-order valence-electron chi connectivity index (χ1n) is 9.73. The number of pyridine rings is 2. The fourth-order valence-corrected chi connectivity index (χ4v) is 3.68. The normalized spacial score (nSPS) is 15.4. The topological polar surface area (TPSA) is 54.9 Å². The molecule has 154 valence electrons. The molecular formula is C23H20F3N3O. The maximum absolute atomic E-state index is 14.6. The fourth-order valence-electron chi connectivity index (χ4n) is 3.68. The molecule has 7 heteroatoms. The summed E-state index contributed by atoms with van der Waals surface area (Å²) in [4.78, 5) is 20.3. The van der Waals surface area contributed by atoms with E-state index in [1.165, 1.54) is 12.1 Å². The summed E-state index contributed by atoms with van der Waals surface area (Å²) in [5.74, 6) is -0.685. The molecule has 2 aromatic heterocycles. The highest BCUT2D eigenvalue weighted by molar-refractivity contribution is 5.93. The molecule has 0 saturated heterocycles. The van der Waals surface area contributed by atoms with Crippen molar-refractivity contribution in [1.82, 2.24) is 9.97 Å². The van der Waals surface area contributed by atoms with E-state index >= 15 is 0 Å². The lowest BCUT2D eigenvalue weighted by atomic mass is 9.95. The van der Waals surface area contributed by atoms with Gasteiger partial charge in [0.15, 0.2) is 0 Å². The third-order valence-corrected chi connectivity index (χ3v) is 5.34. The molecular weight excluding hydrogens is 391 g/mol. The Hall–Kier alpha value is -3.22. The summed E-state index contributed by atoms with van der Waals surface area (Å²) >= 11 is 0. The number of aromatic nitrogens is 2. The molecule has 1 atom stereocenters. The molecule has 1 aliphatic carbocycles. The van der Waals surface area contributed by atoms with Crippen molar-refractivity contribution >= 4 is 27.9 Å². The van der Waals surface area contributed by atoms with Crippen LogP contribution in [0.4, 0.5) is 18.9 Å². The first-order chi connectivity index (χ1) is 14.4. The molecule has 0 saturated carbocycles. The predicted octanol–water partition coefficient (Wildman–Crippen LogP) is 6.02. The number of anilines is 1. The number of nitrogens with zero attached hydrogens (tertiary/aromatic N) is 2. The van der Waals surface area contributed by atoms with Crippen molar-refractivity contribution in [3.63, 3.8) is 0 Å². The van der Waals surface area contributed by atoms with E-state index in [2.05, 4.69) is 15.3 Å². The van der Waals surface area contributed by atoms with Crippen LogP contribution >= 0.6 is 0 Å². The van der Waals surface area contributed by atoms with Crippen molar-refractivity contribution in [3.05, 3.63) is 71.4 Å². The van der Waals surface area contributed by atoms with Crippen LogP contribution in [0.15, 0.2) is 48.8 Å². The second-order valence-corrected chi connectivity index (χ2v) is 7.33. The van der Waals surface area contributed by atoms with Crippen LogP contribution in [0, 0.1) is 5.82 Å². The molecule has 1 aliphatic rings. The Balaban J connectivity index is 1.68. The zero-order chi connectivity index (χ0) is 21.3. The van der Waals surface area contributed by atoms with Crippen LogP contribution in [0.3, 0.4) is 0 Å². The Labute approximate surface area is 171 Å². The van der Waals surface area contributed by atoms with Crippen LogP contribution in [0.5, 0.6) is 0 Å². The number of alkyl halides is 2. The van der Waals surface area contributed by atoms with Crippen molar-refractivity contribution in [2.45, 2.75) is 38.7 Å². The van der Waals surface area contributed by atoms with Gasteiger partial charge in [-0.15, -0.1) is 0 Å². The Morgan fingerprint density at radius 2 is 1.90 bits per heavy atom. The maximum Gasteiger partial charge on any atom is 0.266 e. The number of benzene rings is 1. The highest BCUT2D eigenvalue weighted by Gasteiger charge is 2.20. The molecule has 1 aromatic carbocycles. The molecule has 0 aliphatic heterocycles. The second kappa shape index (κ2) is 8.26. The molecule has 4 rings (SSSR count). The fraction of sp³-hybridized carbons (Fsp3) is 0.261. The maximum atomic E-state index is 14.6. The van der Waals surface area contributed by atoms with E-state index < -0.39 is 23.8 Å². The van der Waals surface area contributed by atoms with Gasteiger partial charge in [-0.05, 0) is 31.1 Å². The quantitative estimate of drug-likeness (QED) is 0.558. The summed E-state index contributed by atoms with van der Waals surface area (Å²) in [6.45, 7) is 1.72. The van der Waals surface area contributed by atoms with E-state index in [0.717, 1.165) is 22.7 Å². The van der Waals surface area contributed by atoms with Gasteiger partial charge in [0.1, 0.15) is 11.6 Å². The van der Waals surface area contributed by atoms with E-state index in [4.69, 9.17) is 0 Å². The average molecular weight is 411 g/mol. The smallest absolute Gasteiger partial charge is 0.266 e. The monoisotopic (exact) mass is 411 g/mol. The first-order valence-corrected chi connectivity index (χ1v) is 9.73. The third-order valence-electron chi connectivity index (χ3n) is 5.34. The lowest BCUT2D eigenvalue weighted by Crippen LogP contribution is -2.11. The zero-order valence-corrected chi connectivity index (χ0v) is 16.3. The molecule has 0 spiro atoms. The number of ketones is 1. The van der Waals surface area contributed by atoms with Gasteiger partial charge in [0, 0.05) is 35.7 Å². The number of allylic oxidation sites excluding steroid dienone is 2. The largest absolute Gasteiger partial charge is 0.378 e. The number of rotatable bonds is 5. The van der Waals surface area contributed by atoms with E-state index in [-0.39, 0.29) is 11.3 Å². The summed E-state index contributed by atoms with van der Waals surface area (Å²) in [7, 11) is 0. The second-order valence-electron chi connectivity index (χ2n) is 7.33. The summed E-state index contributed by atoms with van der Waals surface area (Å²) in [5, 5.41) is 4.01. The molecule has 0 fully saturated rings. The van der Waals surface area contributed by atoms with Gasteiger partial charge in [-0.3, -0.25) is 14.8 Å². The van der Waals surface area contributed by atoms with Gasteiger partial charge in [-0.2, -0.15) is 0 Å². The van der Waals surface area contributed by atoms with Crippen LogP contribution in [-0.4, -0.2) is 15.8 Å². The van der Waals surface area contributed by atoms with Crippen LogP contribution < -0.4 is 5.32 Å². The molecule has 0 bridgehead atoms. The van der Waals surface area contributed by atoms with Crippen LogP contribution in [0.2, 0.25) is 0 Å². The van der Waals surface area contributed by atoms with Gasteiger partial charge >= 0.3 is 0 Å². The Bertz CT molecular complexity index is 1140.